The van der Waals surface area contributed by atoms with Crippen molar-refractivity contribution in [2.45, 2.75) is 0 Å². The Morgan fingerprint density at radius 1 is 0.409 bits per heavy atom. The second kappa shape index (κ2) is 9.71. The summed E-state index contributed by atoms with van der Waals surface area (Å²) < 4.78 is 4.41. The molecular formula is C38H24N6. The summed E-state index contributed by atoms with van der Waals surface area (Å²) in [5.41, 5.74) is 7.03. The Kier molecular flexibility index (Phi) is 5.40. The molecule has 0 saturated heterocycles. The van der Waals surface area contributed by atoms with E-state index in [1.807, 2.05) is 48.8 Å². The van der Waals surface area contributed by atoms with E-state index in [1.54, 1.807) is 0 Å². The number of para-hydroxylation sites is 4. The largest absolute Gasteiger partial charge is 0.307 e. The van der Waals surface area contributed by atoms with Crippen molar-refractivity contribution in [3.8, 4) is 34.4 Å². The molecular weight excluding hydrogens is 540 g/mol. The average molecular weight is 565 g/mol. The lowest BCUT2D eigenvalue weighted by Gasteiger charge is -2.15. The van der Waals surface area contributed by atoms with E-state index < -0.39 is 0 Å². The van der Waals surface area contributed by atoms with E-state index >= 15 is 0 Å². The number of nitrogens with zero attached hydrogens (tertiary/aromatic N) is 6. The second-order valence-electron chi connectivity index (χ2n) is 10.8. The van der Waals surface area contributed by atoms with E-state index in [9.17, 15) is 0 Å². The molecule has 0 saturated carbocycles. The summed E-state index contributed by atoms with van der Waals surface area (Å²) >= 11 is 0. The third kappa shape index (κ3) is 3.68. The van der Waals surface area contributed by atoms with Crippen LogP contribution in [0.4, 0.5) is 0 Å². The predicted molar refractivity (Wildman–Crippen MR) is 177 cm³/mol. The van der Waals surface area contributed by atoms with Gasteiger partial charge in [0.15, 0.2) is 11.6 Å². The Labute approximate surface area is 252 Å². The van der Waals surface area contributed by atoms with Crippen LogP contribution in [0.3, 0.4) is 0 Å². The molecule has 9 rings (SSSR count). The van der Waals surface area contributed by atoms with Crippen molar-refractivity contribution in [1.82, 2.24) is 29.1 Å². The third-order valence-electron chi connectivity index (χ3n) is 8.30. The van der Waals surface area contributed by atoms with Gasteiger partial charge in [0.1, 0.15) is 0 Å². The standard InChI is InChI=1S/C38H24N6/c1-2-12-25(13-3-1)36-40-37(42-38(41-36)44-32-19-9-5-14-26(32)27-15-6-10-20-33(27)44)30-17-7-11-21-34(30)43-31-18-8-4-16-28(31)29-22-23-39-24-35(29)43/h1-24H. The van der Waals surface area contributed by atoms with Gasteiger partial charge in [0.25, 0.3) is 0 Å². The van der Waals surface area contributed by atoms with Crippen LogP contribution in [0.15, 0.2) is 146 Å². The molecule has 0 radical (unpaired) electrons. The lowest BCUT2D eigenvalue weighted by molar-refractivity contribution is 0.951. The van der Waals surface area contributed by atoms with Crippen LogP contribution in [0, 0.1) is 0 Å². The molecule has 5 aromatic carbocycles. The zero-order valence-corrected chi connectivity index (χ0v) is 23.5. The van der Waals surface area contributed by atoms with Crippen LogP contribution in [0.1, 0.15) is 0 Å². The minimum atomic E-state index is 0.574. The van der Waals surface area contributed by atoms with E-state index in [2.05, 4.69) is 111 Å². The number of hydrogen-bond donors (Lipinski definition) is 0. The molecule has 9 aromatic rings. The van der Waals surface area contributed by atoms with Crippen molar-refractivity contribution in [1.29, 1.82) is 0 Å². The first kappa shape index (κ1) is 24.5. The number of benzene rings is 5. The molecule has 6 heteroatoms. The van der Waals surface area contributed by atoms with Crippen LogP contribution >= 0.6 is 0 Å². The monoisotopic (exact) mass is 564 g/mol. The van der Waals surface area contributed by atoms with Gasteiger partial charge in [0, 0.05) is 38.9 Å². The molecule has 4 aromatic heterocycles. The number of aromatic nitrogens is 6. The average Bonchev–Trinajstić information content (AvgIpc) is 3.62. The number of rotatable bonds is 4. The normalized spacial score (nSPS) is 11.6. The zero-order chi connectivity index (χ0) is 29.0. The van der Waals surface area contributed by atoms with Crippen LogP contribution in [-0.4, -0.2) is 29.1 Å². The van der Waals surface area contributed by atoms with Gasteiger partial charge in [-0.2, -0.15) is 9.97 Å². The Balaban J connectivity index is 1.36. The molecule has 0 fully saturated rings. The quantitative estimate of drug-likeness (QED) is 0.214. The number of fused-ring (bicyclic) bond motifs is 6. The molecule has 0 N–H and O–H groups in total. The second-order valence-corrected chi connectivity index (χ2v) is 10.8. The summed E-state index contributed by atoms with van der Waals surface area (Å²) in [5.74, 6) is 1.79. The van der Waals surface area contributed by atoms with Crippen molar-refractivity contribution >= 4 is 43.6 Å². The highest BCUT2D eigenvalue weighted by Crippen LogP contribution is 2.36. The highest BCUT2D eigenvalue weighted by molar-refractivity contribution is 6.10. The van der Waals surface area contributed by atoms with Crippen LogP contribution in [-0.2, 0) is 0 Å². The fourth-order valence-corrected chi connectivity index (χ4v) is 6.38. The van der Waals surface area contributed by atoms with Gasteiger partial charge < -0.3 is 4.57 Å². The molecule has 0 spiro atoms. The molecule has 0 aliphatic rings. The molecule has 0 aliphatic heterocycles. The van der Waals surface area contributed by atoms with Crippen molar-refractivity contribution in [3.05, 3.63) is 146 Å². The summed E-state index contributed by atoms with van der Waals surface area (Å²) in [4.78, 5) is 19.9. The summed E-state index contributed by atoms with van der Waals surface area (Å²) in [6, 6.07) is 45.8. The van der Waals surface area contributed by atoms with Crippen molar-refractivity contribution < 1.29 is 0 Å². The first-order valence-corrected chi connectivity index (χ1v) is 14.6. The first-order chi connectivity index (χ1) is 21.8. The molecule has 6 nitrogen and oxygen atoms in total. The SMILES string of the molecule is c1ccc(-c2nc(-c3ccccc3-n3c4ccccc4c4ccncc43)nc(-n3c4ccccc4c4ccccc43)n2)cc1. The summed E-state index contributed by atoms with van der Waals surface area (Å²) in [5, 5.41) is 4.64. The molecule has 0 atom stereocenters. The van der Waals surface area contributed by atoms with Crippen LogP contribution in [0.25, 0.3) is 78.0 Å². The highest BCUT2D eigenvalue weighted by atomic mass is 15.2. The maximum absolute atomic E-state index is 5.21. The summed E-state index contributed by atoms with van der Waals surface area (Å²) in [6.07, 6.45) is 3.78. The van der Waals surface area contributed by atoms with Gasteiger partial charge in [0.05, 0.1) is 34.0 Å². The smallest absolute Gasteiger partial charge is 0.238 e. The van der Waals surface area contributed by atoms with Crippen molar-refractivity contribution in [2.24, 2.45) is 0 Å². The minimum Gasteiger partial charge on any atom is -0.307 e. The summed E-state index contributed by atoms with van der Waals surface area (Å²) in [6.45, 7) is 0. The highest BCUT2D eigenvalue weighted by Gasteiger charge is 2.20. The van der Waals surface area contributed by atoms with E-state index in [0.717, 1.165) is 55.0 Å². The van der Waals surface area contributed by atoms with E-state index in [0.29, 0.717) is 17.6 Å². The molecule has 0 amide bonds. The van der Waals surface area contributed by atoms with Crippen LogP contribution in [0.2, 0.25) is 0 Å². The van der Waals surface area contributed by atoms with Gasteiger partial charge in [-0.05, 0) is 36.4 Å². The Bertz CT molecular complexity index is 2400. The van der Waals surface area contributed by atoms with Crippen LogP contribution in [0.5, 0.6) is 0 Å². The molecule has 4 heterocycles. The molecule has 0 unspecified atom stereocenters. The topological polar surface area (TPSA) is 61.4 Å². The van der Waals surface area contributed by atoms with Crippen molar-refractivity contribution in [2.75, 3.05) is 0 Å². The molecule has 206 valence electrons. The lowest BCUT2D eigenvalue weighted by atomic mass is 10.1. The van der Waals surface area contributed by atoms with Gasteiger partial charge in [0.2, 0.25) is 5.95 Å². The summed E-state index contributed by atoms with van der Waals surface area (Å²) in [7, 11) is 0. The third-order valence-corrected chi connectivity index (χ3v) is 8.30. The zero-order valence-electron chi connectivity index (χ0n) is 23.5. The van der Waals surface area contributed by atoms with E-state index in [4.69, 9.17) is 15.0 Å². The molecule has 44 heavy (non-hydrogen) atoms. The van der Waals surface area contributed by atoms with Gasteiger partial charge in [-0.1, -0.05) is 97.1 Å². The Morgan fingerprint density at radius 2 is 0.955 bits per heavy atom. The van der Waals surface area contributed by atoms with Gasteiger partial charge >= 0.3 is 0 Å². The van der Waals surface area contributed by atoms with Gasteiger partial charge in [-0.25, -0.2) is 4.98 Å². The van der Waals surface area contributed by atoms with Crippen LogP contribution < -0.4 is 0 Å². The van der Waals surface area contributed by atoms with Crippen molar-refractivity contribution in [3.63, 3.8) is 0 Å². The Morgan fingerprint density at radius 3 is 1.66 bits per heavy atom. The first-order valence-electron chi connectivity index (χ1n) is 14.6. The maximum atomic E-state index is 5.21. The number of hydrogen-bond acceptors (Lipinski definition) is 4. The predicted octanol–water partition coefficient (Wildman–Crippen LogP) is 8.79. The molecule has 0 aliphatic carbocycles. The van der Waals surface area contributed by atoms with E-state index in [1.165, 1.54) is 5.39 Å². The van der Waals surface area contributed by atoms with E-state index in [-0.39, 0.29) is 0 Å². The fraction of sp³-hybridized carbons (Fsp3) is 0. The Hall–Kier alpha value is -6.14. The maximum Gasteiger partial charge on any atom is 0.238 e. The van der Waals surface area contributed by atoms with Gasteiger partial charge in [-0.3, -0.25) is 9.55 Å². The van der Waals surface area contributed by atoms with Gasteiger partial charge in [-0.15, -0.1) is 0 Å². The molecule has 0 bridgehead atoms. The number of pyridine rings is 1. The minimum absolute atomic E-state index is 0.574. The lowest BCUT2D eigenvalue weighted by Crippen LogP contribution is -2.07. The fourth-order valence-electron chi connectivity index (χ4n) is 6.38.